The van der Waals surface area contributed by atoms with Crippen LogP contribution in [0.2, 0.25) is 0 Å². The first-order chi connectivity index (χ1) is 16.9. The van der Waals surface area contributed by atoms with Crippen LogP contribution < -0.4 is 0 Å². The number of ether oxygens (including phenoxy) is 1. The van der Waals surface area contributed by atoms with Gasteiger partial charge in [-0.25, -0.2) is 9.59 Å². The SMILES string of the molecule is CCCC1CCC(c2ccc(C(=O)O)c(-c3ccc(C(=O)O[C@H](C)CC(CC)CC)cc3)c2)CC1. The quantitative estimate of drug-likeness (QED) is 0.329. The lowest BCUT2D eigenvalue weighted by Gasteiger charge is -2.29. The van der Waals surface area contributed by atoms with Gasteiger partial charge in [0, 0.05) is 0 Å². The van der Waals surface area contributed by atoms with Crippen molar-refractivity contribution in [3.63, 3.8) is 0 Å². The Morgan fingerprint density at radius 3 is 2.20 bits per heavy atom. The minimum Gasteiger partial charge on any atom is -0.478 e. The van der Waals surface area contributed by atoms with Crippen LogP contribution in [0.15, 0.2) is 42.5 Å². The summed E-state index contributed by atoms with van der Waals surface area (Å²) < 4.78 is 5.67. The minimum absolute atomic E-state index is 0.130. The Balaban J connectivity index is 1.75. The van der Waals surface area contributed by atoms with E-state index in [1.165, 1.54) is 31.2 Å². The van der Waals surface area contributed by atoms with E-state index in [-0.39, 0.29) is 12.1 Å². The second-order valence-corrected chi connectivity index (χ2v) is 10.3. The predicted octanol–water partition coefficient (Wildman–Crippen LogP) is 8.50. The van der Waals surface area contributed by atoms with E-state index in [4.69, 9.17) is 4.74 Å². The first kappa shape index (κ1) is 27.0. The number of hydrogen-bond acceptors (Lipinski definition) is 3. The molecule has 4 nitrogen and oxygen atoms in total. The summed E-state index contributed by atoms with van der Waals surface area (Å²) in [6.45, 7) is 8.53. The van der Waals surface area contributed by atoms with Gasteiger partial charge in [-0.3, -0.25) is 0 Å². The van der Waals surface area contributed by atoms with Crippen molar-refractivity contribution >= 4 is 11.9 Å². The Morgan fingerprint density at radius 1 is 0.971 bits per heavy atom. The molecule has 190 valence electrons. The van der Waals surface area contributed by atoms with E-state index >= 15 is 0 Å². The molecule has 0 unspecified atom stereocenters. The summed E-state index contributed by atoms with van der Waals surface area (Å²) in [6, 6.07) is 13.0. The maximum Gasteiger partial charge on any atom is 0.338 e. The average Bonchev–Trinajstić information content (AvgIpc) is 2.87. The van der Waals surface area contributed by atoms with Crippen molar-refractivity contribution in [2.45, 2.75) is 97.5 Å². The van der Waals surface area contributed by atoms with E-state index in [9.17, 15) is 14.7 Å². The van der Waals surface area contributed by atoms with Crippen LogP contribution in [0, 0.1) is 11.8 Å². The number of benzene rings is 2. The molecule has 1 saturated carbocycles. The molecule has 1 aliphatic rings. The van der Waals surface area contributed by atoms with Gasteiger partial charge in [-0.05, 0) is 91.7 Å². The van der Waals surface area contributed by atoms with Crippen molar-refractivity contribution in [1.29, 1.82) is 0 Å². The maximum absolute atomic E-state index is 12.7. The summed E-state index contributed by atoms with van der Waals surface area (Å²) in [5.41, 5.74) is 3.53. The molecular formula is C31H42O4. The smallest absolute Gasteiger partial charge is 0.338 e. The zero-order chi connectivity index (χ0) is 25.4. The third-order valence-corrected chi connectivity index (χ3v) is 7.85. The number of carboxylic acid groups (broad SMARTS) is 1. The number of carbonyl (C=O) groups is 2. The molecule has 2 aromatic rings. The molecule has 1 atom stereocenters. The molecule has 3 rings (SSSR count). The number of hydrogen-bond donors (Lipinski definition) is 1. The summed E-state index contributed by atoms with van der Waals surface area (Å²) in [6.07, 6.45) is 10.3. The Morgan fingerprint density at radius 2 is 1.63 bits per heavy atom. The molecule has 1 N–H and O–H groups in total. The van der Waals surface area contributed by atoms with Crippen molar-refractivity contribution in [2.24, 2.45) is 11.8 Å². The molecule has 1 fully saturated rings. The molecule has 1 aliphatic carbocycles. The van der Waals surface area contributed by atoms with Gasteiger partial charge in [-0.1, -0.05) is 70.7 Å². The van der Waals surface area contributed by atoms with Gasteiger partial charge in [0.05, 0.1) is 17.2 Å². The van der Waals surface area contributed by atoms with Crippen LogP contribution in [0.5, 0.6) is 0 Å². The van der Waals surface area contributed by atoms with Gasteiger partial charge in [0.2, 0.25) is 0 Å². The molecule has 0 aliphatic heterocycles. The van der Waals surface area contributed by atoms with E-state index < -0.39 is 5.97 Å². The zero-order valence-corrected chi connectivity index (χ0v) is 21.9. The largest absolute Gasteiger partial charge is 0.478 e. The van der Waals surface area contributed by atoms with Crippen LogP contribution in [0.4, 0.5) is 0 Å². The average molecular weight is 479 g/mol. The fraction of sp³-hybridized carbons (Fsp3) is 0.548. The first-order valence-corrected chi connectivity index (χ1v) is 13.5. The van der Waals surface area contributed by atoms with Crippen molar-refractivity contribution < 1.29 is 19.4 Å². The summed E-state index contributed by atoms with van der Waals surface area (Å²) in [4.78, 5) is 24.6. The fourth-order valence-corrected chi connectivity index (χ4v) is 5.61. The normalized spacial score (nSPS) is 18.9. The number of rotatable bonds is 11. The highest BCUT2D eigenvalue weighted by atomic mass is 16.5. The summed E-state index contributed by atoms with van der Waals surface area (Å²) >= 11 is 0. The Bertz CT molecular complexity index is 966. The van der Waals surface area contributed by atoms with Crippen LogP contribution in [-0.4, -0.2) is 23.1 Å². The van der Waals surface area contributed by atoms with Crippen molar-refractivity contribution in [1.82, 2.24) is 0 Å². The summed E-state index contributed by atoms with van der Waals surface area (Å²) in [7, 11) is 0. The molecule has 0 aromatic heterocycles. The molecule has 2 aromatic carbocycles. The van der Waals surface area contributed by atoms with Crippen LogP contribution in [-0.2, 0) is 4.74 Å². The zero-order valence-electron chi connectivity index (χ0n) is 21.9. The Labute approximate surface area is 211 Å². The molecule has 0 radical (unpaired) electrons. The maximum atomic E-state index is 12.7. The molecule has 0 saturated heterocycles. The summed E-state index contributed by atoms with van der Waals surface area (Å²) in [5.74, 6) is 0.612. The van der Waals surface area contributed by atoms with Gasteiger partial charge < -0.3 is 9.84 Å². The molecular weight excluding hydrogens is 436 g/mol. The highest BCUT2D eigenvalue weighted by Crippen LogP contribution is 2.39. The summed E-state index contributed by atoms with van der Waals surface area (Å²) in [5, 5.41) is 9.80. The second-order valence-electron chi connectivity index (χ2n) is 10.3. The highest BCUT2D eigenvalue weighted by molar-refractivity contribution is 5.97. The molecule has 35 heavy (non-hydrogen) atoms. The van der Waals surface area contributed by atoms with Crippen molar-refractivity contribution in [3.05, 3.63) is 59.2 Å². The molecule has 4 heteroatoms. The van der Waals surface area contributed by atoms with Gasteiger partial charge in [-0.15, -0.1) is 0 Å². The van der Waals surface area contributed by atoms with Gasteiger partial charge in [0.1, 0.15) is 0 Å². The Hall–Kier alpha value is -2.62. The number of esters is 1. The lowest BCUT2D eigenvalue weighted by molar-refractivity contribution is 0.0285. The second kappa shape index (κ2) is 12.9. The van der Waals surface area contributed by atoms with Crippen LogP contribution in [0.1, 0.15) is 118 Å². The third-order valence-electron chi connectivity index (χ3n) is 7.85. The molecule has 0 bridgehead atoms. The monoisotopic (exact) mass is 478 g/mol. The van der Waals surface area contributed by atoms with Crippen LogP contribution in [0.3, 0.4) is 0 Å². The van der Waals surface area contributed by atoms with Crippen molar-refractivity contribution in [3.8, 4) is 11.1 Å². The van der Waals surface area contributed by atoms with Gasteiger partial charge >= 0.3 is 11.9 Å². The topological polar surface area (TPSA) is 63.6 Å². The number of aromatic carboxylic acids is 1. The minimum atomic E-state index is -0.933. The lowest BCUT2D eigenvalue weighted by Crippen LogP contribution is -2.18. The van der Waals surface area contributed by atoms with Gasteiger partial charge in [0.15, 0.2) is 0 Å². The van der Waals surface area contributed by atoms with E-state index in [0.717, 1.165) is 43.6 Å². The fourth-order valence-electron chi connectivity index (χ4n) is 5.61. The van der Waals surface area contributed by atoms with Crippen LogP contribution >= 0.6 is 0 Å². The lowest BCUT2D eigenvalue weighted by atomic mass is 9.76. The number of carboxylic acids is 1. The standard InChI is InChI=1S/C31H42O4/c1-5-8-23-9-11-24(12-10-23)27-17-18-28(30(32)33)29(20-27)25-13-15-26(16-14-25)31(34)35-21(4)19-22(6-2)7-3/h13-18,20-24H,5-12,19H2,1-4H3,(H,32,33)/t21-,23?,24?/m1/s1. The molecule has 0 heterocycles. The van der Waals surface area contributed by atoms with Gasteiger partial charge in [-0.2, -0.15) is 0 Å². The van der Waals surface area contributed by atoms with Crippen molar-refractivity contribution in [2.75, 3.05) is 0 Å². The number of carbonyl (C=O) groups excluding carboxylic acids is 1. The Kier molecular flexibility index (Phi) is 9.94. The van der Waals surface area contributed by atoms with E-state index in [1.807, 2.05) is 25.1 Å². The highest BCUT2D eigenvalue weighted by Gasteiger charge is 2.24. The predicted molar refractivity (Wildman–Crippen MR) is 142 cm³/mol. The van der Waals surface area contributed by atoms with E-state index in [2.05, 4.69) is 26.8 Å². The third kappa shape index (κ3) is 7.19. The van der Waals surface area contributed by atoms with E-state index in [0.29, 0.717) is 28.5 Å². The van der Waals surface area contributed by atoms with E-state index in [1.54, 1.807) is 18.2 Å². The van der Waals surface area contributed by atoms with Crippen LogP contribution in [0.25, 0.3) is 11.1 Å². The molecule has 0 amide bonds. The van der Waals surface area contributed by atoms with Gasteiger partial charge in [0.25, 0.3) is 0 Å². The molecule has 0 spiro atoms. The first-order valence-electron chi connectivity index (χ1n) is 13.5.